The Kier molecular flexibility index (Phi) is 5.39. The summed E-state index contributed by atoms with van der Waals surface area (Å²) in [7, 11) is 1.88. The summed E-state index contributed by atoms with van der Waals surface area (Å²) in [4.78, 5) is 13.7. The molecule has 0 aliphatic rings. The van der Waals surface area contributed by atoms with Crippen molar-refractivity contribution in [3.8, 4) is 0 Å². The summed E-state index contributed by atoms with van der Waals surface area (Å²) < 4.78 is 0. The van der Waals surface area contributed by atoms with Crippen molar-refractivity contribution >= 4 is 22.9 Å². The number of nitrogens with one attached hydrogen (secondary N) is 2. The fourth-order valence-corrected chi connectivity index (χ4v) is 3.19. The van der Waals surface area contributed by atoms with E-state index in [1.807, 2.05) is 38.2 Å². The molecule has 21 heavy (non-hydrogen) atoms. The summed E-state index contributed by atoms with van der Waals surface area (Å²) in [5, 5.41) is 8.31. The molecular weight excluding hydrogens is 280 g/mol. The van der Waals surface area contributed by atoms with Gasteiger partial charge in [0.05, 0.1) is 6.04 Å². The van der Waals surface area contributed by atoms with Crippen molar-refractivity contribution in [1.29, 1.82) is 0 Å². The minimum absolute atomic E-state index is 0.00185. The van der Waals surface area contributed by atoms with Gasteiger partial charge in [-0.25, -0.2) is 0 Å². The maximum Gasteiger partial charge on any atom is 0.252 e. The lowest BCUT2D eigenvalue weighted by Gasteiger charge is -2.18. The molecule has 0 bridgehead atoms. The monoisotopic (exact) mass is 302 g/mol. The zero-order valence-electron chi connectivity index (χ0n) is 12.8. The first kappa shape index (κ1) is 15.6. The SMILES string of the molecule is CCCC(NC(=O)c1ccc(NC)cc1C)c1cccs1. The minimum atomic E-state index is 0.00185. The van der Waals surface area contributed by atoms with Crippen molar-refractivity contribution in [2.24, 2.45) is 0 Å². The second-order valence-corrected chi connectivity index (χ2v) is 6.09. The Morgan fingerprint density at radius 1 is 1.33 bits per heavy atom. The summed E-state index contributed by atoms with van der Waals surface area (Å²) in [5.74, 6) is 0.00185. The van der Waals surface area contributed by atoms with Gasteiger partial charge in [0.15, 0.2) is 0 Å². The van der Waals surface area contributed by atoms with Gasteiger partial charge in [-0.05, 0) is 48.6 Å². The molecule has 1 aromatic carbocycles. The van der Waals surface area contributed by atoms with Crippen molar-refractivity contribution in [3.63, 3.8) is 0 Å². The van der Waals surface area contributed by atoms with Crippen LogP contribution in [-0.4, -0.2) is 13.0 Å². The zero-order valence-corrected chi connectivity index (χ0v) is 13.6. The third-order valence-electron chi connectivity index (χ3n) is 3.53. The van der Waals surface area contributed by atoms with E-state index in [-0.39, 0.29) is 11.9 Å². The average molecular weight is 302 g/mol. The molecule has 1 aromatic heterocycles. The van der Waals surface area contributed by atoms with Crippen LogP contribution in [0.1, 0.15) is 46.6 Å². The molecule has 112 valence electrons. The van der Waals surface area contributed by atoms with E-state index in [1.54, 1.807) is 11.3 Å². The van der Waals surface area contributed by atoms with E-state index in [2.05, 4.69) is 29.0 Å². The molecule has 4 heteroatoms. The summed E-state index contributed by atoms with van der Waals surface area (Å²) in [6.45, 7) is 4.11. The van der Waals surface area contributed by atoms with Crippen LogP contribution in [0.25, 0.3) is 0 Å². The number of hydrogen-bond acceptors (Lipinski definition) is 3. The third-order valence-corrected chi connectivity index (χ3v) is 4.51. The number of anilines is 1. The molecule has 1 unspecified atom stereocenters. The lowest BCUT2D eigenvalue weighted by molar-refractivity contribution is 0.0934. The summed E-state index contributed by atoms with van der Waals surface area (Å²) in [5.41, 5.74) is 2.75. The molecule has 3 nitrogen and oxygen atoms in total. The molecule has 2 rings (SSSR count). The largest absolute Gasteiger partial charge is 0.388 e. The third kappa shape index (κ3) is 3.85. The van der Waals surface area contributed by atoms with E-state index < -0.39 is 0 Å². The average Bonchev–Trinajstić information content (AvgIpc) is 3.00. The Balaban J connectivity index is 2.15. The van der Waals surface area contributed by atoms with Gasteiger partial charge < -0.3 is 10.6 Å². The Bertz CT molecular complexity index is 593. The van der Waals surface area contributed by atoms with E-state index in [4.69, 9.17) is 0 Å². The number of carbonyl (C=O) groups is 1. The number of carbonyl (C=O) groups excluding carboxylic acids is 1. The standard InChI is InChI=1S/C17H22N2OS/c1-4-6-15(16-7-5-10-21-16)19-17(20)14-9-8-13(18-3)11-12(14)2/h5,7-11,15,18H,4,6H2,1-3H3,(H,19,20). The smallest absolute Gasteiger partial charge is 0.252 e. The highest BCUT2D eigenvalue weighted by atomic mass is 32.1. The number of thiophene rings is 1. The maximum absolute atomic E-state index is 12.5. The van der Waals surface area contributed by atoms with E-state index in [0.717, 1.165) is 29.7 Å². The van der Waals surface area contributed by atoms with Crippen LogP contribution >= 0.6 is 11.3 Å². The predicted octanol–water partition coefficient (Wildman–Crippen LogP) is 4.37. The van der Waals surface area contributed by atoms with Crippen LogP contribution in [0.5, 0.6) is 0 Å². The molecule has 0 radical (unpaired) electrons. The Morgan fingerprint density at radius 2 is 2.14 bits per heavy atom. The van der Waals surface area contributed by atoms with Crippen molar-refractivity contribution < 1.29 is 4.79 Å². The van der Waals surface area contributed by atoms with Gasteiger partial charge in [-0.1, -0.05) is 19.4 Å². The Labute approximate surface area is 130 Å². The summed E-state index contributed by atoms with van der Waals surface area (Å²) in [6.07, 6.45) is 2.00. The van der Waals surface area contributed by atoms with E-state index >= 15 is 0 Å². The van der Waals surface area contributed by atoms with Crippen molar-refractivity contribution in [2.45, 2.75) is 32.7 Å². The molecule has 0 saturated carbocycles. The molecule has 1 heterocycles. The molecule has 0 spiro atoms. The highest BCUT2D eigenvalue weighted by Gasteiger charge is 2.17. The van der Waals surface area contributed by atoms with Crippen LogP contribution in [0, 0.1) is 6.92 Å². The van der Waals surface area contributed by atoms with Gasteiger partial charge in [0.25, 0.3) is 5.91 Å². The van der Waals surface area contributed by atoms with Crippen molar-refractivity contribution in [3.05, 3.63) is 51.7 Å². The molecule has 1 atom stereocenters. The maximum atomic E-state index is 12.5. The quantitative estimate of drug-likeness (QED) is 0.832. The number of amides is 1. The van der Waals surface area contributed by atoms with Crippen LogP contribution in [-0.2, 0) is 0 Å². The second-order valence-electron chi connectivity index (χ2n) is 5.11. The number of rotatable bonds is 6. The molecule has 0 saturated heterocycles. The highest BCUT2D eigenvalue weighted by Crippen LogP contribution is 2.24. The lowest BCUT2D eigenvalue weighted by Crippen LogP contribution is -2.28. The minimum Gasteiger partial charge on any atom is -0.388 e. The molecule has 0 aliphatic carbocycles. The molecule has 1 amide bonds. The molecule has 2 aromatic rings. The van der Waals surface area contributed by atoms with Gasteiger partial charge in [-0.3, -0.25) is 4.79 Å². The van der Waals surface area contributed by atoms with Gasteiger partial charge in [0.2, 0.25) is 0 Å². The van der Waals surface area contributed by atoms with Crippen molar-refractivity contribution in [2.75, 3.05) is 12.4 Å². The van der Waals surface area contributed by atoms with Crippen LogP contribution in [0.4, 0.5) is 5.69 Å². The first-order valence-electron chi connectivity index (χ1n) is 7.28. The van der Waals surface area contributed by atoms with Crippen LogP contribution < -0.4 is 10.6 Å². The van der Waals surface area contributed by atoms with Gasteiger partial charge in [-0.15, -0.1) is 11.3 Å². The normalized spacial score (nSPS) is 12.0. The second kappa shape index (κ2) is 7.27. The van der Waals surface area contributed by atoms with Crippen LogP contribution in [0.15, 0.2) is 35.7 Å². The van der Waals surface area contributed by atoms with E-state index in [0.29, 0.717) is 0 Å². The topological polar surface area (TPSA) is 41.1 Å². The fraction of sp³-hybridized carbons (Fsp3) is 0.353. The summed E-state index contributed by atoms with van der Waals surface area (Å²) >= 11 is 1.69. The van der Waals surface area contributed by atoms with Gasteiger partial charge in [-0.2, -0.15) is 0 Å². The van der Waals surface area contributed by atoms with E-state index in [9.17, 15) is 4.79 Å². The first-order valence-corrected chi connectivity index (χ1v) is 8.16. The summed E-state index contributed by atoms with van der Waals surface area (Å²) in [6, 6.07) is 10.0. The molecule has 0 aliphatic heterocycles. The fourth-order valence-electron chi connectivity index (χ4n) is 2.37. The zero-order chi connectivity index (χ0) is 15.2. The molecular formula is C17H22N2OS. The number of aryl methyl sites for hydroxylation is 1. The van der Waals surface area contributed by atoms with Gasteiger partial charge >= 0.3 is 0 Å². The highest BCUT2D eigenvalue weighted by molar-refractivity contribution is 7.10. The number of benzene rings is 1. The number of hydrogen-bond donors (Lipinski definition) is 2. The lowest BCUT2D eigenvalue weighted by atomic mass is 10.1. The van der Waals surface area contributed by atoms with Crippen LogP contribution in [0.2, 0.25) is 0 Å². The Hall–Kier alpha value is -1.81. The predicted molar refractivity (Wildman–Crippen MR) is 90.2 cm³/mol. The first-order chi connectivity index (χ1) is 10.2. The molecule has 0 fully saturated rings. The van der Waals surface area contributed by atoms with Gasteiger partial charge in [0, 0.05) is 23.2 Å². The Morgan fingerprint density at radius 3 is 2.71 bits per heavy atom. The van der Waals surface area contributed by atoms with Gasteiger partial charge in [0.1, 0.15) is 0 Å². The molecule has 2 N–H and O–H groups in total. The van der Waals surface area contributed by atoms with Crippen LogP contribution in [0.3, 0.4) is 0 Å². The van der Waals surface area contributed by atoms with E-state index in [1.165, 1.54) is 4.88 Å². The van der Waals surface area contributed by atoms with Crippen molar-refractivity contribution in [1.82, 2.24) is 5.32 Å².